The lowest BCUT2D eigenvalue weighted by molar-refractivity contribution is -0.143. The molecule has 1 saturated heterocycles. The Balaban J connectivity index is 1.34. The quantitative estimate of drug-likeness (QED) is 0.629. The molecule has 1 heterocycles. The van der Waals surface area contributed by atoms with Crippen molar-refractivity contribution >= 4 is 16.7 Å². The Morgan fingerprint density at radius 3 is 2.26 bits per heavy atom. The van der Waals surface area contributed by atoms with Gasteiger partial charge in [0.25, 0.3) is 0 Å². The topological polar surface area (TPSA) is 49.8 Å². The minimum absolute atomic E-state index is 0.171. The lowest BCUT2D eigenvalue weighted by Gasteiger charge is -2.37. The maximum absolute atomic E-state index is 11.1. The predicted octanol–water partition coefficient (Wildman–Crippen LogP) is 6.12. The first-order valence-electron chi connectivity index (χ1n) is 11.9. The Bertz CT molecular complexity index is 900. The molecule has 0 bridgehead atoms. The van der Waals surface area contributed by atoms with Gasteiger partial charge in [-0.1, -0.05) is 39.0 Å². The van der Waals surface area contributed by atoms with Gasteiger partial charge in [-0.15, -0.1) is 0 Å². The Morgan fingerprint density at radius 2 is 1.61 bits per heavy atom. The van der Waals surface area contributed by atoms with E-state index >= 15 is 0 Å². The van der Waals surface area contributed by atoms with E-state index in [1.165, 1.54) is 29.2 Å². The fourth-order valence-electron chi connectivity index (χ4n) is 5.28. The average molecular weight is 424 g/mol. The molecule has 0 unspecified atom stereocenters. The van der Waals surface area contributed by atoms with Gasteiger partial charge in [-0.3, -0.25) is 9.69 Å². The zero-order valence-electron chi connectivity index (χ0n) is 19.3. The summed E-state index contributed by atoms with van der Waals surface area (Å²) in [5.41, 5.74) is 1.69. The van der Waals surface area contributed by atoms with E-state index in [9.17, 15) is 9.90 Å². The van der Waals surface area contributed by atoms with E-state index in [1.807, 2.05) is 0 Å². The van der Waals surface area contributed by atoms with E-state index in [2.05, 4.69) is 62.1 Å². The number of benzene rings is 2. The highest BCUT2D eigenvalue weighted by Gasteiger charge is 2.30. The number of likely N-dealkylation sites (tertiary alicyclic amines) is 1. The van der Waals surface area contributed by atoms with E-state index < -0.39 is 5.97 Å². The fraction of sp³-hybridized carbons (Fsp3) is 0.593. The molecule has 1 saturated carbocycles. The number of aliphatic carboxylic acids is 1. The van der Waals surface area contributed by atoms with Crippen LogP contribution in [0.5, 0.6) is 5.75 Å². The molecule has 168 valence electrons. The third-order valence-corrected chi connectivity index (χ3v) is 7.42. The molecule has 2 aliphatic rings. The molecule has 2 fully saturated rings. The largest absolute Gasteiger partial charge is 0.490 e. The molecule has 1 N–H and O–H groups in total. The van der Waals surface area contributed by atoms with Gasteiger partial charge < -0.3 is 9.84 Å². The summed E-state index contributed by atoms with van der Waals surface area (Å²) in [6, 6.07) is 13.1. The predicted molar refractivity (Wildman–Crippen MR) is 125 cm³/mol. The summed E-state index contributed by atoms with van der Waals surface area (Å²) in [6.45, 7) is 9.67. The van der Waals surface area contributed by atoms with Crippen molar-refractivity contribution in [3.8, 4) is 5.75 Å². The second-order valence-corrected chi connectivity index (χ2v) is 10.7. The number of fused-ring (bicyclic) bond motifs is 1. The number of ether oxygens (including phenoxy) is 1. The molecule has 2 aromatic carbocycles. The first kappa shape index (κ1) is 22.1. The van der Waals surface area contributed by atoms with Gasteiger partial charge in [0.1, 0.15) is 5.75 Å². The van der Waals surface area contributed by atoms with Gasteiger partial charge in [0.15, 0.2) is 0 Å². The van der Waals surface area contributed by atoms with E-state index in [1.54, 1.807) is 0 Å². The zero-order chi connectivity index (χ0) is 22.0. The van der Waals surface area contributed by atoms with Crippen LogP contribution in [-0.4, -0.2) is 35.2 Å². The molecule has 1 aliphatic heterocycles. The van der Waals surface area contributed by atoms with Crippen molar-refractivity contribution in [1.82, 2.24) is 4.90 Å². The van der Waals surface area contributed by atoms with E-state index in [-0.39, 0.29) is 5.92 Å². The van der Waals surface area contributed by atoms with Gasteiger partial charge in [0, 0.05) is 6.54 Å². The van der Waals surface area contributed by atoms with Gasteiger partial charge in [-0.2, -0.15) is 0 Å². The smallest absolute Gasteiger partial charge is 0.306 e. The van der Waals surface area contributed by atoms with Crippen LogP contribution in [0, 0.1) is 17.3 Å². The number of carbonyl (C=O) groups is 1. The summed E-state index contributed by atoms with van der Waals surface area (Å²) in [5, 5.41) is 11.6. The highest BCUT2D eigenvalue weighted by atomic mass is 16.5. The van der Waals surface area contributed by atoms with Gasteiger partial charge in [-0.25, -0.2) is 0 Å². The van der Waals surface area contributed by atoms with Crippen LogP contribution in [0.25, 0.3) is 10.8 Å². The van der Waals surface area contributed by atoms with E-state index in [4.69, 9.17) is 4.74 Å². The number of carboxylic acids is 1. The molecule has 0 atom stereocenters. The normalized spacial score (nSPS) is 23.7. The van der Waals surface area contributed by atoms with Crippen LogP contribution in [0.15, 0.2) is 36.4 Å². The number of piperidine rings is 1. The monoisotopic (exact) mass is 423 g/mol. The summed E-state index contributed by atoms with van der Waals surface area (Å²) < 4.78 is 6.35. The molecule has 0 radical (unpaired) electrons. The minimum atomic E-state index is -0.648. The minimum Gasteiger partial charge on any atom is -0.490 e. The third kappa shape index (κ3) is 5.60. The van der Waals surface area contributed by atoms with Gasteiger partial charge in [-0.05, 0) is 97.5 Å². The van der Waals surface area contributed by atoms with Gasteiger partial charge in [0.2, 0.25) is 0 Å². The molecule has 4 rings (SSSR count). The fourth-order valence-corrected chi connectivity index (χ4v) is 5.28. The molecule has 4 nitrogen and oxygen atoms in total. The van der Waals surface area contributed by atoms with E-state index in [0.717, 1.165) is 57.0 Å². The Hall–Kier alpha value is -2.07. The van der Waals surface area contributed by atoms with Crippen molar-refractivity contribution < 1.29 is 14.6 Å². The summed E-state index contributed by atoms with van der Waals surface area (Å²) in [6.07, 6.45) is 6.66. The lowest BCUT2D eigenvalue weighted by Crippen LogP contribution is -2.35. The first-order chi connectivity index (χ1) is 14.8. The highest BCUT2D eigenvalue weighted by Crippen LogP contribution is 2.39. The van der Waals surface area contributed by atoms with Crippen molar-refractivity contribution in [2.75, 3.05) is 13.1 Å². The van der Waals surface area contributed by atoms with Crippen molar-refractivity contribution in [3.63, 3.8) is 0 Å². The molecule has 0 amide bonds. The Labute approximate surface area is 186 Å². The van der Waals surface area contributed by atoms with Crippen molar-refractivity contribution in [2.24, 2.45) is 17.3 Å². The number of carboxylic acid groups (broad SMARTS) is 1. The second kappa shape index (κ2) is 9.20. The molecule has 2 aromatic rings. The molecular weight excluding hydrogens is 386 g/mol. The summed E-state index contributed by atoms with van der Waals surface area (Å²) in [4.78, 5) is 13.5. The maximum atomic E-state index is 11.1. The van der Waals surface area contributed by atoms with Gasteiger partial charge in [0.05, 0.1) is 12.0 Å². The summed E-state index contributed by atoms with van der Waals surface area (Å²) in [7, 11) is 0. The molecular formula is C27H37NO3. The van der Waals surface area contributed by atoms with Crippen LogP contribution in [0.1, 0.15) is 64.9 Å². The number of nitrogens with zero attached hydrogens (tertiary/aromatic N) is 1. The van der Waals surface area contributed by atoms with Crippen LogP contribution >= 0.6 is 0 Å². The molecule has 0 spiro atoms. The SMILES string of the molecule is CC(C)(C)[C@H]1CC[C@@H](Oc2ccc3cc(CN4CCC(C(=O)O)CC4)ccc3c2)CC1. The van der Waals surface area contributed by atoms with Crippen LogP contribution in [0.3, 0.4) is 0 Å². The molecule has 1 aliphatic carbocycles. The summed E-state index contributed by atoms with van der Waals surface area (Å²) >= 11 is 0. The van der Waals surface area contributed by atoms with Gasteiger partial charge >= 0.3 is 5.97 Å². The van der Waals surface area contributed by atoms with Crippen LogP contribution in [0.2, 0.25) is 0 Å². The first-order valence-corrected chi connectivity index (χ1v) is 11.9. The Kier molecular flexibility index (Phi) is 6.57. The lowest BCUT2D eigenvalue weighted by atomic mass is 9.72. The van der Waals surface area contributed by atoms with Crippen LogP contribution in [0.4, 0.5) is 0 Å². The third-order valence-electron chi connectivity index (χ3n) is 7.42. The van der Waals surface area contributed by atoms with E-state index in [0.29, 0.717) is 11.5 Å². The standard InChI is InChI=1S/C27H37NO3/c1-27(2,3)23-7-10-24(11-8-23)31-25-9-6-21-16-19(4-5-22(21)17-25)18-28-14-12-20(13-15-28)26(29)30/h4-6,9,16-17,20,23-24H,7-8,10-15,18H2,1-3H3,(H,29,30)/t23-,24+. The molecule has 0 aromatic heterocycles. The second-order valence-electron chi connectivity index (χ2n) is 10.7. The van der Waals surface area contributed by atoms with Crippen molar-refractivity contribution in [1.29, 1.82) is 0 Å². The zero-order valence-corrected chi connectivity index (χ0v) is 19.3. The molecule has 31 heavy (non-hydrogen) atoms. The van der Waals surface area contributed by atoms with Crippen molar-refractivity contribution in [2.45, 2.75) is 71.9 Å². The van der Waals surface area contributed by atoms with Crippen molar-refractivity contribution in [3.05, 3.63) is 42.0 Å². The number of rotatable bonds is 5. The Morgan fingerprint density at radius 1 is 0.968 bits per heavy atom. The highest BCUT2D eigenvalue weighted by molar-refractivity contribution is 5.84. The van der Waals surface area contributed by atoms with Crippen LogP contribution in [-0.2, 0) is 11.3 Å². The van der Waals surface area contributed by atoms with Crippen LogP contribution < -0.4 is 4.74 Å². The maximum Gasteiger partial charge on any atom is 0.306 e. The number of hydrogen-bond acceptors (Lipinski definition) is 3. The number of hydrogen-bond donors (Lipinski definition) is 1. The summed E-state index contributed by atoms with van der Waals surface area (Å²) in [5.74, 6) is 0.966. The molecule has 4 heteroatoms. The average Bonchev–Trinajstić information content (AvgIpc) is 2.74.